The van der Waals surface area contributed by atoms with Crippen molar-refractivity contribution in [2.75, 3.05) is 25.0 Å². The molecule has 9 heteroatoms. The first kappa shape index (κ1) is 22.0. The van der Waals surface area contributed by atoms with E-state index in [9.17, 15) is 9.59 Å². The van der Waals surface area contributed by atoms with Gasteiger partial charge < -0.3 is 10.6 Å². The first-order valence-electron chi connectivity index (χ1n) is 10.7. The van der Waals surface area contributed by atoms with Gasteiger partial charge in [-0.3, -0.25) is 19.5 Å². The topological polar surface area (TPSA) is 100 Å². The monoisotopic (exact) mass is 450 g/mol. The Bertz CT molecular complexity index is 1060. The fourth-order valence-electron chi connectivity index (χ4n) is 3.73. The van der Waals surface area contributed by atoms with E-state index >= 15 is 0 Å². The number of piperidine rings is 1. The van der Waals surface area contributed by atoms with Crippen molar-refractivity contribution in [1.29, 1.82) is 0 Å². The van der Waals surface area contributed by atoms with E-state index in [4.69, 9.17) is 0 Å². The van der Waals surface area contributed by atoms with E-state index < -0.39 is 0 Å². The molecule has 0 spiro atoms. The van der Waals surface area contributed by atoms with Crippen molar-refractivity contribution < 1.29 is 9.59 Å². The molecule has 1 aliphatic heterocycles. The third-order valence-corrected chi connectivity index (χ3v) is 6.35. The predicted octanol–water partition coefficient (Wildman–Crippen LogP) is 3.20. The smallest absolute Gasteiger partial charge is 0.239 e. The standard InChI is InChI=1S/C23H26N6O2S/c1-2-21(30)27-16-6-10-29(11-7-16)14-22(31)28-20-13-19(25-15-26-20)23-17(8-12-32-23)18-5-3-4-9-24-18/h3-5,8-9,12-13,15-16H,2,6-7,10-11,14H2,1H3,(H,27,30)(H,25,26,28,31). The highest BCUT2D eigenvalue weighted by molar-refractivity contribution is 7.14. The van der Waals surface area contributed by atoms with Gasteiger partial charge in [-0.1, -0.05) is 13.0 Å². The Morgan fingerprint density at radius 1 is 1.09 bits per heavy atom. The van der Waals surface area contributed by atoms with Crippen LogP contribution in [0, 0.1) is 0 Å². The number of nitrogens with zero attached hydrogens (tertiary/aromatic N) is 4. The molecular formula is C23H26N6O2S. The Balaban J connectivity index is 1.36. The molecule has 4 heterocycles. The minimum Gasteiger partial charge on any atom is -0.353 e. The van der Waals surface area contributed by atoms with Crippen molar-refractivity contribution in [1.82, 2.24) is 25.2 Å². The number of pyridine rings is 1. The van der Waals surface area contributed by atoms with Crippen molar-refractivity contribution in [3.63, 3.8) is 0 Å². The number of likely N-dealkylation sites (tertiary alicyclic amines) is 1. The van der Waals surface area contributed by atoms with Crippen molar-refractivity contribution in [2.24, 2.45) is 0 Å². The van der Waals surface area contributed by atoms with Crippen LogP contribution in [-0.4, -0.2) is 57.3 Å². The summed E-state index contributed by atoms with van der Waals surface area (Å²) in [5.74, 6) is 0.449. The molecule has 32 heavy (non-hydrogen) atoms. The van der Waals surface area contributed by atoms with Crippen LogP contribution in [0.1, 0.15) is 26.2 Å². The fourth-order valence-corrected chi connectivity index (χ4v) is 4.60. The SMILES string of the molecule is CCC(=O)NC1CCN(CC(=O)Nc2cc(-c3sccc3-c3ccccn3)ncn2)CC1. The number of nitrogens with one attached hydrogen (secondary N) is 2. The third-order valence-electron chi connectivity index (χ3n) is 5.41. The quantitative estimate of drug-likeness (QED) is 0.573. The zero-order valence-electron chi connectivity index (χ0n) is 18.0. The van der Waals surface area contributed by atoms with Gasteiger partial charge in [-0.2, -0.15) is 0 Å². The molecule has 1 aliphatic rings. The summed E-state index contributed by atoms with van der Waals surface area (Å²) in [6.45, 7) is 3.70. The van der Waals surface area contributed by atoms with E-state index in [0.717, 1.165) is 47.8 Å². The van der Waals surface area contributed by atoms with Gasteiger partial charge in [0.1, 0.15) is 12.1 Å². The van der Waals surface area contributed by atoms with Crippen molar-refractivity contribution in [2.45, 2.75) is 32.2 Å². The van der Waals surface area contributed by atoms with Gasteiger partial charge in [0.05, 0.1) is 22.8 Å². The maximum absolute atomic E-state index is 12.6. The second-order valence-corrected chi connectivity index (χ2v) is 8.60. The van der Waals surface area contributed by atoms with Gasteiger partial charge in [0, 0.05) is 43.4 Å². The number of amides is 2. The zero-order valence-corrected chi connectivity index (χ0v) is 18.8. The van der Waals surface area contributed by atoms with E-state index in [1.54, 1.807) is 23.6 Å². The average Bonchev–Trinajstić information content (AvgIpc) is 3.31. The molecule has 4 rings (SSSR count). The van der Waals surface area contributed by atoms with Crippen molar-refractivity contribution >= 4 is 29.0 Å². The summed E-state index contributed by atoms with van der Waals surface area (Å²) in [7, 11) is 0. The molecule has 3 aromatic heterocycles. The first-order chi connectivity index (χ1) is 15.6. The van der Waals surface area contributed by atoms with Crippen LogP contribution in [-0.2, 0) is 9.59 Å². The molecule has 2 amide bonds. The minimum absolute atomic E-state index is 0.0812. The zero-order chi connectivity index (χ0) is 22.3. The maximum atomic E-state index is 12.6. The summed E-state index contributed by atoms with van der Waals surface area (Å²) >= 11 is 1.58. The van der Waals surface area contributed by atoms with E-state index in [-0.39, 0.29) is 17.9 Å². The predicted molar refractivity (Wildman–Crippen MR) is 125 cm³/mol. The molecule has 0 aliphatic carbocycles. The van der Waals surface area contributed by atoms with Gasteiger partial charge in [-0.15, -0.1) is 11.3 Å². The van der Waals surface area contributed by atoms with Crippen molar-refractivity contribution in [3.8, 4) is 21.8 Å². The van der Waals surface area contributed by atoms with Crippen LogP contribution in [0.5, 0.6) is 0 Å². The molecule has 166 valence electrons. The molecule has 0 atom stereocenters. The molecule has 0 radical (unpaired) electrons. The molecule has 1 fully saturated rings. The molecule has 2 N–H and O–H groups in total. The summed E-state index contributed by atoms with van der Waals surface area (Å²) in [5, 5.41) is 7.93. The molecule has 3 aromatic rings. The number of carbonyl (C=O) groups is 2. The number of hydrogen-bond acceptors (Lipinski definition) is 7. The average molecular weight is 451 g/mol. The summed E-state index contributed by atoms with van der Waals surface area (Å²) in [6, 6.07) is 9.82. The molecule has 0 bridgehead atoms. The molecule has 1 saturated heterocycles. The Kier molecular flexibility index (Phi) is 7.18. The largest absolute Gasteiger partial charge is 0.353 e. The Hall–Kier alpha value is -3.17. The highest BCUT2D eigenvalue weighted by Gasteiger charge is 2.22. The van der Waals surface area contributed by atoms with E-state index in [1.165, 1.54) is 6.33 Å². The number of aromatic nitrogens is 3. The highest BCUT2D eigenvalue weighted by Crippen LogP contribution is 2.35. The van der Waals surface area contributed by atoms with Crippen LogP contribution in [0.3, 0.4) is 0 Å². The normalized spacial score (nSPS) is 14.8. The van der Waals surface area contributed by atoms with E-state index in [2.05, 4.69) is 30.5 Å². The lowest BCUT2D eigenvalue weighted by Crippen LogP contribution is -2.46. The molecule has 0 saturated carbocycles. The summed E-state index contributed by atoms with van der Waals surface area (Å²) in [4.78, 5) is 40.3. The lowest BCUT2D eigenvalue weighted by atomic mass is 10.0. The minimum atomic E-state index is -0.109. The van der Waals surface area contributed by atoms with Gasteiger partial charge >= 0.3 is 0 Å². The summed E-state index contributed by atoms with van der Waals surface area (Å²) in [6.07, 6.45) is 5.44. The van der Waals surface area contributed by atoms with Crippen molar-refractivity contribution in [3.05, 3.63) is 48.2 Å². The van der Waals surface area contributed by atoms with Gasteiger partial charge in [0.15, 0.2) is 0 Å². The van der Waals surface area contributed by atoms with Crippen LogP contribution in [0.2, 0.25) is 0 Å². The second-order valence-electron chi connectivity index (χ2n) is 7.69. The number of thiophene rings is 1. The lowest BCUT2D eigenvalue weighted by molar-refractivity contribution is -0.122. The van der Waals surface area contributed by atoms with Crippen LogP contribution < -0.4 is 10.6 Å². The fraction of sp³-hybridized carbons (Fsp3) is 0.348. The lowest BCUT2D eigenvalue weighted by Gasteiger charge is -2.31. The Morgan fingerprint density at radius 2 is 1.94 bits per heavy atom. The Labute approximate surface area is 191 Å². The number of rotatable bonds is 7. The van der Waals surface area contributed by atoms with E-state index in [1.807, 2.05) is 36.6 Å². The number of hydrogen-bond donors (Lipinski definition) is 2. The van der Waals surface area contributed by atoms with Gasteiger partial charge in [-0.05, 0) is 36.4 Å². The summed E-state index contributed by atoms with van der Waals surface area (Å²) < 4.78 is 0. The van der Waals surface area contributed by atoms with Crippen LogP contribution in [0.25, 0.3) is 21.8 Å². The van der Waals surface area contributed by atoms with Crippen LogP contribution in [0.15, 0.2) is 48.2 Å². The number of carbonyl (C=O) groups excluding carboxylic acids is 2. The highest BCUT2D eigenvalue weighted by atomic mass is 32.1. The number of anilines is 1. The Morgan fingerprint density at radius 3 is 2.69 bits per heavy atom. The molecule has 0 aromatic carbocycles. The van der Waals surface area contributed by atoms with Crippen LogP contribution in [0.4, 0.5) is 5.82 Å². The molecule has 0 unspecified atom stereocenters. The molecule has 8 nitrogen and oxygen atoms in total. The first-order valence-corrected chi connectivity index (χ1v) is 11.6. The van der Waals surface area contributed by atoms with Gasteiger partial charge in [0.2, 0.25) is 11.8 Å². The van der Waals surface area contributed by atoms with Gasteiger partial charge in [0.25, 0.3) is 0 Å². The summed E-state index contributed by atoms with van der Waals surface area (Å²) in [5.41, 5.74) is 2.63. The van der Waals surface area contributed by atoms with E-state index in [0.29, 0.717) is 18.8 Å². The third kappa shape index (κ3) is 5.54. The van der Waals surface area contributed by atoms with Crippen LogP contribution >= 0.6 is 11.3 Å². The second kappa shape index (κ2) is 10.4. The maximum Gasteiger partial charge on any atom is 0.239 e. The van der Waals surface area contributed by atoms with Gasteiger partial charge in [-0.25, -0.2) is 9.97 Å². The molecular weight excluding hydrogens is 424 g/mol.